The number of hydrogen-bond donors (Lipinski definition) is 1. The van der Waals surface area contributed by atoms with Crippen LogP contribution >= 0.6 is 0 Å². The van der Waals surface area contributed by atoms with Gasteiger partial charge in [-0.3, -0.25) is 9.69 Å². The zero-order chi connectivity index (χ0) is 17.8. The van der Waals surface area contributed by atoms with Gasteiger partial charge in [0.05, 0.1) is 5.52 Å². The summed E-state index contributed by atoms with van der Waals surface area (Å²) in [5.74, 6) is 0.899. The summed E-state index contributed by atoms with van der Waals surface area (Å²) in [6, 6.07) is 12.5. The standard InChI is InChI=1S/C22H31N3O/c26-22-11-10-19-8-4-5-9-21(19)25(22)15-14-24-13-12-23-17-20(24)16-18-6-2-1-3-7-18/h4-5,8-11,18,20,23H,1-3,6-7,12-17H2. The fourth-order valence-electron chi connectivity index (χ4n) is 4.84. The van der Waals surface area contributed by atoms with Crippen LogP contribution in [0.25, 0.3) is 10.9 Å². The Morgan fingerprint density at radius 2 is 1.85 bits per heavy atom. The van der Waals surface area contributed by atoms with Gasteiger partial charge in [-0.1, -0.05) is 50.3 Å². The van der Waals surface area contributed by atoms with Crippen molar-refractivity contribution in [1.82, 2.24) is 14.8 Å². The third-order valence-electron chi connectivity index (χ3n) is 6.31. The minimum atomic E-state index is 0.114. The normalized spacial score (nSPS) is 22.7. The third-order valence-corrected chi connectivity index (χ3v) is 6.31. The predicted octanol–water partition coefficient (Wildman–Crippen LogP) is 3.25. The van der Waals surface area contributed by atoms with E-state index in [1.54, 1.807) is 6.07 Å². The molecule has 4 rings (SSSR count). The van der Waals surface area contributed by atoms with Crippen LogP contribution in [0.5, 0.6) is 0 Å². The molecule has 1 saturated heterocycles. The van der Waals surface area contributed by atoms with Crippen molar-refractivity contribution in [3.05, 3.63) is 46.8 Å². The zero-order valence-electron chi connectivity index (χ0n) is 15.7. The highest BCUT2D eigenvalue weighted by atomic mass is 16.1. The molecule has 1 unspecified atom stereocenters. The summed E-state index contributed by atoms with van der Waals surface area (Å²) in [7, 11) is 0. The van der Waals surface area contributed by atoms with Crippen LogP contribution in [-0.2, 0) is 6.54 Å². The SMILES string of the molecule is O=c1ccc2ccccc2n1CCN1CCNCC1CC1CCCCC1. The summed E-state index contributed by atoms with van der Waals surface area (Å²) in [6.07, 6.45) is 8.39. The van der Waals surface area contributed by atoms with Crippen molar-refractivity contribution in [3.8, 4) is 0 Å². The van der Waals surface area contributed by atoms with Gasteiger partial charge in [0.25, 0.3) is 5.56 Å². The van der Waals surface area contributed by atoms with E-state index in [4.69, 9.17) is 0 Å². The summed E-state index contributed by atoms with van der Waals surface area (Å²) in [4.78, 5) is 15.1. The quantitative estimate of drug-likeness (QED) is 0.897. The maximum absolute atomic E-state index is 12.4. The van der Waals surface area contributed by atoms with Gasteiger partial charge in [0, 0.05) is 44.8 Å². The number of piperazine rings is 1. The highest BCUT2D eigenvalue weighted by Gasteiger charge is 2.26. The molecule has 1 atom stereocenters. The lowest BCUT2D eigenvalue weighted by Gasteiger charge is -2.39. The van der Waals surface area contributed by atoms with E-state index < -0.39 is 0 Å². The summed E-state index contributed by atoms with van der Waals surface area (Å²) in [5.41, 5.74) is 1.17. The van der Waals surface area contributed by atoms with Crippen molar-refractivity contribution in [1.29, 1.82) is 0 Å². The second-order valence-corrected chi connectivity index (χ2v) is 8.02. The van der Waals surface area contributed by atoms with E-state index in [0.717, 1.165) is 49.5 Å². The number of fused-ring (bicyclic) bond motifs is 1. The number of aromatic nitrogens is 1. The van der Waals surface area contributed by atoms with Gasteiger partial charge in [-0.05, 0) is 29.9 Å². The molecular formula is C22H31N3O. The molecule has 1 aromatic heterocycles. The molecule has 26 heavy (non-hydrogen) atoms. The van der Waals surface area contributed by atoms with Gasteiger partial charge in [0.15, 0.2) is 0 Å². The molecular weight excluding hydrogens is 322 g/mol. The number of para-hydroxylation sites is 1. The molecule has 4 heteroatoms. The number of benzene rings is 1. The van der Waals surface area contributed by atoms with Gasteiger partial charge in [-0.2, -0.15) is 0 Å². The lowest BCUT2D eigenvalue weighted by Crippen LogP contribution is -2.53. The molecule has 1 aliphatic heterocycles. The van der Waals surface area contributed by atoms with Crippen LogP contribution < -0.4 is 10.9 Å². The summed E-state index contributed by atoms with van der Waals surface area (Å²) in [5, 5.41) is 4.73. The molecule has 0 amide bonds. The van der Waals surface area contributed by atoms with Crippen molar-refractivity contribution in [2.24, 2.45) is 5.92 Å². The Bertz CT molecular complexity index is 778. The Hall–Kier alpha value is -1.65. The van der Waals surface area contributed by atoms with Crippen LogP contribution in [-0.4, -0.2) is 41.7 Å². The van der Waals surface area contributed by atoms with Gasteiger partial charge in [-0.15, -0.1) is 0 Å². The smallest absolute Gasteiger partial charge is 0.251 e. The van der Waals surface area contributed by atoms with Gasteiger partial charge in [-0.25, -0.2) is 0 Å². The molecule has 0 radical (unpaired) electrons. The fraction of sp³-hybridized carbons (Fsp3) is 0.591. The van der Waals surface area contributed by atoms with Crippen LogP contribution in [0.3, 0.4) is 0 Å². The summed E-state index contributed by atoms with van der Waals surface area (Å²) >= 11 is 0. The molecule has 1 N–H and O–H groups in total. The summed E-state index contributed by atoms with van der Waals surface area (Å²) < 4.78 is 1.95. The first-order valence-corrected chi connectivity index (χ1v) is 10.3. The van der Waals surface area contributed by atoms with E-state index in [0.29, 0.717) is 6.04 Å². The Balaban J connectivity index is 1.45. The van der Waals surface area contributed by atoms with E-state index in [9.17, 15) is 4.79 Å². The Kier molecular flexibility index (Phi) is 5.71. The lowest BCUT2D eigenvalue weighted by molar-refractivity contribution is 0.124. The monoisotopic (exact) mass is 353 g/mol. The molecule has 140 valence electrons. The molecule has 1 aromatic carbocycles. The van der Waals surface area contributed by atoms with E-state index >= 15 is 0 Å². The number of nitrogens with zero attached hydrogens (tertiary/aromatic N) is 2. The van der Waals surface area contributed by atoms with Crippen LogP contribution in [0.2, 0.25) is 0 Å². The molecule has 2 fully saturated rings. The van der Waals surface area contributed by atoms with Crippen molar-refractivity contribution >= 4 is 10.9 Å². The first kappa shape index (κ1) is 17.7. The summed E-state index contributed by atoms with van der Waals surface area (Å²) in [6.45, 7) is 5.00. The second kappa shape index (κ2) is 8.36. The van der Waals surface area contributed by atoms with Crippen molar-refractivity contribution < 1.29 is 0 Å². The molecule has 1 saturated carbocycles. The molecule has 2 heterocycles. The van der Waals surface area contributed by atoms with E-state index in [-0.39, 0.29) is 5.56 Å². The molecule has 2 aromatic rings. The molecule has 1 aliphatic carbocycles. The van der Waals surface area contributed by atoms with Gasteiger partial charge >= 0.3 is 0 Å². The zero-order valence-corrected chi connectivity index (χ0v) is 15.7. The van der Waals surface area contributed by atoms with E-state index in [2.05, 4.69) is 22.3 Å². The number of nitrogens with one attached hydrogen (secondary N) is 1. The molecule has 2 aliphatic rings. The van der Waals surface area contributed by atoms with Gasteiger partial charge in [0.1, 0.15) is 0 Å². The average Bonchev–Trinajstić information content (AvgIpc) is 2.69. The van der Waals surface area contributed by atoms with Crippen LogP contribution in [0, 0.1) is 5.92 Å². The predicted molar refractivity (Wildman–Crippen MR) is 108 cm³/mol. The topological polar surface area (TPSA) is 37.3 Å². The first-order valence-electron chi connectivity index (χ1n) is 10.3. The fourth-order valence-corrected chi connectivity index (χ4v) is 4.84. The van der Waals surface area contributed by atoms with Crippen LogP contribution in [0.15, 0.2) is 41.2 Å². The van der Waals surface area contributed by atoms with Gasteiger partial charge in [0.2, 0.25) is 0 Å². The van der Waals surface area contributed by atoms with Crippen LogP contribution in [0.1, 0.15) is 38.5 Å². The highest BCUT2D eigenvalue weighted by molar-refractivity contribution is 5.78. The minimum Gasteiger partial charge on any atom is -0.314 e. The number of pyridine rings is 1. The Morgan fingerprint density at radius 1 is 1.00 bits per heavy atom. The maximum Gasteiger partial charge on any atom is 0.251 e. The largest absolute Gasteiger partial charge is 0.314 e. The third kappa shape index (κ3) is 4.02. The Morgan fingerprint density at radius 3 is 2.73 bits per heavy atom. The first-order chi connectivity index (χ1) is 12.8. The lowest BCUT2D eigenvalue weighted by atomic mass is 9.84. The van der Waals surface area contributed by atoms with E-state index in [1.807, 2.05) is 22.8 Å². The Labute approximate surface area is 156 Å². The van der Waals surface area contributed by atoms with Crippen LogP contribution in [0.4, 0.5) is 0 Å². The second-order valence-electron chi connectivity index (χ2n) is 8.02. The van der Waals surface area contributed by atoms with Crippen molar-refractivity contribution in [2.75, 3.05) is 26.2 Å². The molecule has 0 bridgehead atoms. The molecule has 0 spiro atoms. The van der Waals surface area contributed by atoms with E-state index in [1.165, 1.54) is 38.5 Å². The van der Waals surface area contributed by atoms with Crippen molar-refractivity contribution in [3.63, 3.8) is 0 Å². The maximum atomic E-state index is 12.4. The average molecular weight is 354 g/mol. The van der Waals surface area contributed by atoms with Crippen molar-refractivity contribution in [2.45, 2.75) is 51.1 Å². The minimum absolute atomic E-state index is 0.114. The number of rotatable bonds is 5. The molecule has 4 nitrogen and oxygen atoms in total. The van der Waals surface area contributed by atoms with Gasteiger partial charge < -0.3 is 9.88 Å². The highest BCUT2D eigenvalue weighted by Crippen LogP contribution is 2.29. The number of hydrogen-bond acceptors (Lipinski definition) is 3.